The van der Waals surface area contributed by atoms with Gasteiger partial charge in [0, 0.05) is 31.7 Å². The lowest BCUT2D eigenvalue weighted by Crippen LogP contribution is -2.42. The molecule has 0 unspecified atom stereocenters. The molecule has 2 aromatic carbocycles. The third kappa shape index (κ3) is 4.78. The maximum Gasteiger partial charge on any atom is 0.295 e. The first-order chi connectivity index (χ1) is 16.5. The third-order valence-corrected chi connectivity index (χ3v) is 6.15. The largest absolute Gasteiger partial charge is 0.507 e. The minimum absolute atomic E-state index is 0.0735. The molecule has 2 aliphatic rings. The van der Waals surface area contributed by atoms with E-state index in [1.54, 1.807) is 48.4 Å². The first kappa shape index (κ1) is 23.8. The number of aliphatic hydroxyl groups excluding tert-OH is 1. The monoisotopic (exact) mass is 466 g/mol. The van der Waals surface area contributed by atoms with Crippen molar-refractivity contribution in [1.82, 2.24) is 9.80 Å². The number of carbonyl (C=O) groups excluding carboxylic acids is 2. The van der Waals surface area contributed by atoms with Gasteiger partial charge in [-0.05, 0) is 24.6 Å². The van der Waals surface area contributed by atoms with Gasteiger partial charge in [-0.3, -0.25) is 14.5 Å². The second kappa shape index (κ2) is 10.7. The van der Waals surface area contributed by atoms with E-state index in [9.17, 15) is 14.7 Å². The van der Waals surface area contributed by atoms with E-state index in [0.717, 1.165) is 13.1 Å². The summed E-state index contributed by atoms with van der Waals surface area (Å²) < 4.78 is 16.6. The second-order valence-corrected chi connectivity index (χ2v) is 8.16. The van der Waals surface area contributed by atoms with Crippen LogP contribution in [0.4, 0.5) is 0 Å². The van der Waals surface area contributed by atoms with Crippen LogP contribution in [0.25, 0.3) is 5.76 Å². The molecule has 2 saturated heterocycles. The van der Waals surface area contributed by atoms with Crippen molar-refractivity contribution >= 4 is 17.4 Å². The maximum atomic E-state index is 13.2. The van der Waals surface area contributed by atoms with Gasteiger partial charge in [0.1, 0.15) is 5.76 Å². The molecule has 0 bridgehead atoms. The predicted octanol–water partition coefficient (Wildman–Crippen LogP) is 2.85. The van der Waals surface area contributed by atoms with Crippen molar-refractivity contribution in [2.24, 2.45) is 0 Å². The van der Waals surface area contributed by atoms with Crippen molar-refractivity contribution in [1.29, 1.82) is 0 Å². The van der Waals surface area contributed by atoms with Crippen LogP contribution in [0.15, 0.2) is 54.1 Å². The highest BCUT2D eigenvalue weighted by Gasteiger charge is 2.46. The molecule has 0 radical (unpaired) electrons. The van der Waals surface area contributed by atoms with E-state index < -0.39 is 17.7 Å². The summed E-state index contributed by atoms with van der Waals surface area (Å²) in [5.41, 5.74) is 1.22. The zero-order valence-electron chi connectivity index (χ0n) is 19.5. The SMILES string of the molecule is CCOc1ccc([C@H]2/C(=C(\O)c3ccccc3)C(=O)C(=O)N2CCN2CCOCC2)cc1OC. The van der Waals surface area contributed by atoms with Gasteiger partial charge in [0.2, 0.25) is 0 Å². The first-order valence-electron chi connectivity index (χ1n) is 11.5. The Labute approximate surface area is 199 Å². The number of ether oxygens (including phenoxy) is 3. The van der Waals surface area contributed by atoms with Crippen LogP contribution in [0.1, 0.15) is 24.1 Å². The van der Waals surface area contributed by atoms with Crippen LogP contribution in [-0.4, -0.2) is 79.7 Å². The normalized spacial score (nSPS) is 20.5. The number of morpholine rings is 1. The summed E-state index contributed by atoms with van der Waals surface area (Å²) in [6.07, 6.45) is 0. The van der Waals surface area contributed by atoms with E-state index >= 15 is 0 Å². The van der Waals surface area contributed by atoms with Crippen molar-refractivity contribution in [3.8, 4) is 11.5 Å². The summed E-state index contributed by atoms with van der Waals surface area (Å²) in [5.74, 6) is -0.435. The fourth-order valence-electron chi connectivity index (χ4n) is 4.41. The van der Waals surface area contributed by atoms with Crippen LogP contribution >= 0.6 is 0 Å². The summed E-state index contributed by atoms with van der Waals surface area (Å²) in [6, 6.07) is 13.4. The summed E-state index contributed by atoms with van der Waals surface area (Å²) in [7, 11) is 1.54. The van der Waals surface area contributed by atoms with E-state index in [0.29, 0.717) is 55.5 Å². The van der Waals surface area contributed by atoms with E-state index in [1.165, 1.54) is 0 Å². The lowest BCUT2D eigenvalue weighted by molar-refractivity contribution is -0.140. The number of likely N-dealkylation sites (tertiary alicyclic amines) is 1. The number of hydrogen-bond donors (Lipinski definition) is 1. The van der Waals surface area contributed by atoms with Gasteiger partial charge in [-0.1, -0.05) is 36.4 Å². The van der Waals surface area contributed by atoms with Gasteiger partial charge in [-0.2, -0.15) is 0 Å². The van der Waals surface area contributed by atoms with Gasteiger partial charge in [-0.25, -0.2) is 0 Å². The average Bonchev–Trinajstić information content (AvgIpc) is 3.13. The van der Waals surface area contributed by atoms with Crippen LogP contribution in [0.3, 0.4) is 0 Å². The number of hydrogen-bond acceptors (Lipinski definition) is 7. The van der Waals surface area contributed by atoms with Gasteiger partial charge in [0.15, 0.2) is 11.5 Å². The first-order valence-corrected chi connectivity index (χ1v) is 11.5. The molecule has 0 spiro atoms. The fourth-order valence-corrected chi connectivity index (χ4v) is 4.41. The van der Waals surface area contributed by atoms with Crippen LogP contribution < -0.4 is 9.47 Å². The van der Waals surface area contributed by atoms with E-state index in [2.05, 4.69) is 4.90 Å². The molecule has 1 N–H and O–H groups in total. The van der Waals surface area contributed by atoms with Crippen molar-refractivity contribution < 1.29 is 28.9 Å². The predicted molar refractivity (Wildman–Crippen MR) is 127 cm³/mol. The highest BCUT2D eigenvalue weighted by Crippen LogP contribution is 2.41. The van der Waals surface area contributed by atoms with Crippen molar-refractivity contribution in [3.05, 3.63) is 65.2 Å². The Balaban J connectivity index is 1.76. The van der Waals surface area contributed by atoms with Gasteiger partial charge in [0.05, 0.1) is 38.5 Å². The molecule has 8 nitrogen and oxygen atoms in total. The lowest BCUT2D eigenvalue weighted by Gasteiger charge is -2.31. The zero-order valence-corrected chi connectivity index (χ0v) is 19.5. The number of aliphatic hydroxyl groups is 1. The summed E-state index contributed by atoms with van der Waals surface area (Å²) >= 11 is 0. The van der Waals surface area contributed by atoms with Crippen molar-refractivity contribution in [2.75, 3.05) is 53.1 Å². The Morgan fingerprint density at radius 2 is 1.79 bits per heavy atom. The summed E-state index contributed by atoms with van der Waals surface area (Å²) in [6.45, 7) is 6.14. The molecule has 1 amide bonds. The average molecular weight is 467 g/mol. The molecule has 180 valence electrons. The number of rotatable bonds is 8. The topological polar surface area (TPSA) is 88.5 Å². The van der Waals surface area contributed by atoms with Gasteiger partial charge < -0.3 is 24.2 Å². The molecule has 2 fully saturated rings. The van der Waals surface area contributed by atoms with E-state index in [4.69, 9.17) is 14.2 Å². The Bertz CT molecular complexity index is 1060. The standard InChI is InChI=1S/C26H30N2O6/c1-3-34-20-10-9-19(17-21(20)32-2)23-22(24(29)18-7-5-4-6-8-18)25(30)26(31)28(23)12-11-27-13-15-33-16-14-27/h4-10,17,23,29H,3,11-16H2,1-2H3/b24-22+/t23-/m0/s1. The van der Waals surface area contributed by atoms with Gasteiger partial charge >= 0.3 is 0 Å². The second-order valence-electron chi connectivity index (χ2n) is 8.16. The molecule has 2 aliphatic heterocycles. The number of amides is 1. The number of carbonyl (C=O) groups is 2. The molecule has 2 heterocycles. The Kier molecular flexibility index (Phi) is 7.49. The van der Waals surface area contributed by atoms with E-state index in [1.807, 2.05) is 19.1 Å². The molecule has 1 atom stereocenters. The molecule has 34 heavy (non-hydrogen) atoms. The Morgan fingerprint density at radius 1 is 1.06 bits per heavy atom. The van der Waals surface area contributed by atoms with Gasteiger partial charge in [-0.15, -0.1) is 0 Å². The van der Waals surface area contributed by atoms with Crippen molar-refractivity contribution in [2.45, 2.75) is 13.0 Å². The Morgan fingerprint density at radius 3 is 2.47 bits per heavy atom. The van der Waals surface area contributed by atoms with Crippen LogP contribution in [0, 0.1) is 0 Å². The molecule has 4 rings (SSSR count). The third-order valence-electron chi connectivity index (χ3n) is 6.15. The zero-order chi connectivity index (χ0) is 24.1. The minimum atomic E-state index is -0.745. The maximum absolute atomic E-state index is 13.2. The quantitative estimate of drug-likeness (QED) is 0.364. The number of benzene rings is 2. The number of nitrogens with zero attached hydrogens (tertiary/aromatic N) is 2. The number of ketones is 1. The molecule has 0 aliphatic carbocycles. The summed E-state index contributed by atoms with van der Waals surface area (Å²) in [4.78, 5) is 30.1. The number of Topliss-reactive ketones (excluding diaryl/α,β-unsaturated/α-hetero) is 1. The molecular formula is C26H30N2O6. The minimum Gasteiger partial charge on any atom is -0.507 e. The van der Waals surface area contributed by atoms with Crippen LogP contribution in [0.5, 0.6) is 11.5 Å². The molecule has 2 aromatic rings. The van der Waals surface area contributed by atoms with Crippen LogP contribution in [0.2, 0.25) is 0 Å². The van der Waals surface area contributed by atoms with Gasteiger partial charge in [0.25, 0.3) is 11.7 Å². The smallest absolute Gasteiger partial charge is 0.295 e. The summed E-state index contributed by atoms with van der Waals surface area (Å²) in [5, 5.41) is 11.1. The lowest BCUT2D eigenvalue weighted by atomic mass is 9.95. The highest BCUT2D eigenvalue weighted by molar-refractivity contribution is 6.46. The highest BCUT2D eigenvalue weighted by atomic mass is 16.5. The molecule has 0 aromatic heterocycles. The van der Waals surface area contributed by atoms with Crippen LogP contribution in [-0.2, 0) is 14.3 Å². The Hall–Kier alpha value is -3.36. The molecular weight excluding hydrogens is 436 g/mol. The fraction of sp³-hybridized carbons (Fsp3) is 0.385. The molecule has 8 heteroatoms. The van der Waals surface area contributed by atoms with E-state index in [-0.39, 0.29) is 11.3 Å². The molecule has 0 saturated carbocycles. The van der Waals surface area contributed by atoms with Crippen molar-refractivity contribution in [3.63, 3.8) is 0 Å². The number of methoxy groups -OCH3 is 1.